The van der Waals surface area contributed by atoms with E-state index in [1.54, 1.807) is 25.3 Å². The van der Waals surface area contributed by atoms with Crippen molar-refractivity contribution in [3.8, 4) is 11.5 Å². The zero-order valence-corrected chi connectivity index (χ0v) is 18.7. The Labute approximate surface area is 183 Å². The van der Waals surface area contributed by atoms with Crippen molar-refractivity contribution in [1.29, 1.82) is 0 Å². The SMILES string of the molecule is CCOc1ccc(NC(=O)/C=C/c2c(C)nn(Cc3ccc(C)cc3)c2C)cc1OC. The fourth-order valence-electron chi connectivity index (χ4n) is 3.34. The Bertz CT molecular complexity index is 1080. The highest BCUT2D eigenvalue weighted by molar-refractivity contribution is 6.02. The van der Waals surface area contributed by atoms with Crippen LogP contribution in [0.25, 0.3) is 6.08 Å². The lowest BCUT2D eigenvalue weighted by atomic mass is 10.1. The molecule has 0 aliphatic carbocycles. The van der Waals surface area contributed by atoms with Gasteiger partial charge in [0, 0.05) is 29.1 Å². The van der Waals surface area contributed by atoms with Crippen molar-refractivity contribution in [2.24, 2.45) is 0 Å². The number of nitrogens with one attached hydrogen (secondary N) is 1. The van der Waals surface area contributed by atoms with Crippen LogP contribution < -0.4 is 14.8 Å². The van der Waals surface area contributed by atoms with Gasteiger partial charge in [-0.05, 0) is 51.5 Å². The number of carbonyl (C=O) groups is 1. The van der Waals surface area contributed by atoms with Crippen LogP contribution in [0.2, 0.25) is 0 Å². The van der Waals surface area contributed by atoms with Gasteiger partial charge in [-0.25, -0.2) is 0 Å². The molecule has 2 aromatic carbocycles. The summed E-state index contributed by atoms with van der Waals surface area (Å²) in [6.07, 6.45) is 3.33. The van der Waals surface area contributed by atoms with E-state index in [4.69, 9.17) is 9.47 Å². The normalized spacial score (nSPS) is 11.0. The number of aromatic nitrogens is 2. The van der Waals surface area contributed by atoms with E-state index in [2.05, 4.69) is 41.6 Å². The van der Waals surface area contributed by atoms with Crippen molar-refractivity contribution in [1.82, 2.24) is 9.78 Å². The lowest BCUT2D eigenvalue weighted by molar-refractivity contribution is -0.111. The molecule has 0 aliphatic rings. The predicted molar refractivity (Wildman–Crippen MR) is 124 cm³/mol. The van der Waals surface area contributed by atoms with Gasteiger partial charge in [0.05, 0.1) is 26.0 Å². The molecule has 162 valence electrons. The third-order valence-corrected chi connectivity index (χ3v) is 5.02. The van der Waals surface area contributed by atoms with E-state index in [1.807, 2.05) is 31.5 Å². The summed E-state index contributed by atoms with van der Waals surface area (Å²) in [5.74, 6) is 0.995. The van der Waals surface area contributed by atoms with Crippen LogP contribution in [0.3, 0.4) is 0 Å². The van der Waals surface area contributed by atoms with Crippen molar-refractivity contribution in [3.05, 3.63) is 76.6 Å². The second kappa shape index (κ2) is 9.98. The maximum Gasteiger partial charge on any atom is 0.248 e. The quantitative estimate of drug-likeness (QED) is 0.527. The Morgan fingerprint density at radius 2 is 1.84 bits per heavy atom. The van der Waals surface area contributed by atoms with Crippen molar-refractivity contribution < 1.29 is 14.3 Å². The van der Waals surface area contributed by atoms with E-state index < -0.39 is 0 Å². The smallest absolute Gasteiger partial charge is 0.248 e. The van der Waals surface area contributed by atoms with Crippen LogP contribution in [0.4, 0.5) is 5.69 Å². The van der Waals surface area contributed by atoms with Gasteiger partial charge >= 0.3 is 0 Å². The maximum absolute atomic E-state index is 12.5. The van der Waals surface area contributed by atoms with Gasteiger partial charge in [0.25, 0.3) is 0 Å². The molecule has 0 aliphatic heterocycles. The number of aryl methyl sites for hydroxylation is 2. The summed E-state index contributed by atoms with van der Waals surface area (Å²) in [6, 6.07) is 13.7. The summed E-state index contributed by atoms with van der Waals surface area (Å²) in [7, 11) is 1.57. The number of amides is 1. The van der Waals surface area contributed by atoms with Crippen LogP contribution in [0, 0.1) is 20.8 Å². The first kappa shape index (κ1) is 22.2. The van der Waals surface area contributed by atoms with E-state index in [1.165, 1.54) is 17.2 Å². The van der Waals surface area contributed by atoms with Crippen LogP contribution in [0.15, 0.2) is 48.5 Å². The Morgan fingerprint density at radius 1 is 1.10 bits per heavy atom. The molecule has 0 spiro atoms. The molecule has 1 N–H and O–H groups in total. The largest absolute Gasteiger partial charge is 0.493 e. The number of ether oxygens (including phenoxy) is 2. The summed E-state index contributed by atoms with van der Waals surface area (Å²) >= 11 is 0. The van der Waals surface area contributed by atoms with Gasteiger partial charge in [-0.3, -0.25) is 9.48 Å². The van der Waals surface area contributed by atoms with Gasteiger partial charge in [-0.2, -0.15) is 5.10 Å². The van der Waals surface area contributed by atoms with E-state index >= 15 is 0 Å². The van der Waals surface area contributed by atoms with Crippen molar-refractivity contribution in [2.45, 2.75) is 34.2 Å². The average Bonchev–Trinajstić information content (AvgIpc) is 3.02. The summed E-state index contributed by atoms with van der Waals surface area (Å²) in [4.78, 5) is 12.5. The Kier molecular flexibility index (Phi) is 7.13. The molecule has 0 saturated heterocycles. The van der Waals surface area contributed by atoms with Gasteiger partial charge in [0.15, 0.2) is 11.5 Å². The third kappa shape index (κ3) is 5.54. The van der Waals surface area contributed by atoms with Crippen LogP contribution >= 0.6 is 0 Å². The van der Waals surface area contributed by atoms with Gasteiger partial charge in [-0.15, -0.1) is 0 Å². The second-order valence-corrected chi connectivity index (χ2v) is 7.35. The molecule has 1 aromatic heterocycles. The lowest BCUT2D eigenvalue weighted by Gasteiger charge is -2.11. The monoisotopic (exact) mass is 419 g/mol. The number of rotatable bonds is 8. The number of carbonyl (C=O) groups excluding carboxylic acids is 1. The summed E-state index contributed by atoms with van der Waals surface area (Å²) in [5.41, 5.74) is 5.91. The third-order valence-electron chi connectivity index (χ3n) is 5.02. The van der Waals surface area contributed by atoms with Crippen molar-refractivity contribution in [3.63, 3.8) is 0 Å². The highest BCUT2D eigenvalue weighted by Gasteiger charge is 2.11. The zero-order chi connectivity index (χ0) is 22.4. The van der Waals surface area contributed by atoms with Crippen LogP contribution in [0.1, 0.15) is 35.0 Å². The second-order valence-electron chi connectivity index (χ2n) is 7.35. The van der Waals surface area contributed by atoms with Crippen molar-refractivity contribution >= 4 is 17.7 Å². The molecule has 1 heterocycles. The minimum atomic E-state index is -0.226. The number of anilines is 1. The number of methoxy groups -OCH3 is 1. The molecule has 3 rings (SSSR count). The van der Waals surface area contributed by atoms with Crippen LogP contribution in [0.5, 0.6) is 11.5 Å². The van der Waals surface area contributed by atoms with Crippen molar-refractivity contribution in [2.75, 3.05) is 19.0 Å². The summed E-state index contributed by atoms with van der Waals surface area (Å²) in [6.45, 7) is 9.19. The molecule has 0 fully saturated rings. The van der Waals surface area contributed by atoms with E-state index in [0.29, 0.717) is 30.3 Å². The fourth-order valence-corrected chi connectivity index (χ4v) is 3.34. The molecule has 1 amide bonds. The molecular formula is C25H29N3O3. The summed E-state index contributed by atoms with van der Waals surface area (Å²) in [5, 5.41) is 7.50. The zero-order valence-electron chi connectivity index (χ0n) is 18.7. The Morgan fingerprint density at radius 3 is 2.52 bits per heavy atom. The molecule has 0 atom stereocenters. The van der Waals surface area contributed by atoms with Gasteiger partial charge in [0.1, 0.15) is 0 Å². The highest BCUT2D eigenvalue weighted by Crippen LogP contribution is 2.30. The van der Waals surface area contributed by atoms with Crippen LogP contribution in [-0.4, -0.2) is 29.4 Å². The molecule has 3 aromatic rings. The topological polar surface area (TPSA) is 65.4 Å². The molecule has 31 heavy (non-hydrogen) atoms. The number of hydrogen-bond acceptors (Lipinski definition) is 4. The predicted octanol–water partition coefficient (Wildman–Crippen LogP) is 4.92. The fraction of sp³-hybridized carbons (Fsp3) is 0.280. The molecule has 0 unspecified atom stereocenters. The van der Waals surface area contributed by atoms with Gasteiger partial charge in [-0.1, -0.05) is 29.8 Å². The van der Waals surface area contributed by atoms with Gasteiger partial charge < -0.3 is 14.8 Å². The minimum absolute atomic E-state index is 0.226. The minimum Gasteiger partial charge on any atom is -0.493 e. The number of benzene rings is 2. The molecule has 0 bridgehead atoms. The lowest BCUT2D eigenvalue weighted by Crippen LogP contribution is -2.08. The Hall–Kier alpha value is -3.54. The van der Waals surface area contributed by atoms with Crippen LogP contribution in [-0.2, 0) is 11.3 Å². The van der Waals surface area contributed by atoms with Gasteiger partial charge in [0.2, 0.25) is 5.91 Å². The molecule has 0 saturated carbocycles. The van der Waals surface area contributed by atoms with E-state index in [-0.39, 0.29) is 5.91 Å². The standard InChI is InChI=1S/C25H29N3O3/c1-6-31-23-13-11-21(15-24(23)30-5)26-25(29)14-12-22-18(3)27-28(19(22)4)16-20-9-7-17(2)8-10-20/h7-15H,6,16H2,1-5H3,(H,26,29)/b14-12+. The molecule has 6 nitrogen and oxygen atoms in total. The molecular weight excluding hydrogens is 390 g/mol. The Balaban J connectivity index is 1.70. The summed E-state index contributed by atoms with van der Waals surface area (Å²) < 4.78 is 12.8. The number of nitrogens with zero attached hydrogens (tertiary/aromatic N) is 2. The first-order chi connectivity index (χ1) is 14.9. The highest BCUT2D eigenvalue weighted by atomic mass is 16.5. The first-order valence-electron chi connectivity index (χ1n) is 10.3. The van der Waals surface area contributed by atoms with E-state index in [9.17, 15) is 4.79 Å². The number of hydrogen-bond donors (Lipinski definition) is 1. The first-order valence-corrected chi connectivity index (χ1v) is 10.3. The molecule has 6 heteroatoms. The average molecular weight is 420 g/mol. The maximum atomic E-state index is 12.5. The molecule has 0 radical (unpaired) electrons. The van der Waals surface area contributed by atoms with E-state index in [0.717, 1.165) is 17.0 Å².